The summed E-state index contributed by atoms with van der Waals surface area (Å²) in [6.07, 6.45) is 12.3. The van der Waals surface area contributed by atoms with Crippen LogP contribution in [0.2, 0.25) is 0 Å². The van der Waals surface area contributed by atoms with Gasteiger partial charge >= 0.3 is 6.09 Å². The number of ether oxygens (including phenoxy) is 1. The molecule has 1 atom stereocenters. The standard InChI is InChI=1S/C18H28N2O2/c1-6-7-17(5)14-19-11-8-18(17)9-12-20(13-10-18)15(21)22-16(2,3)4/h1,8,11,19H,7,9-10,12-14H2,2-5H3/t17-/m1/s1. The number of nitrogens with one attached hydrogen (secondary N) is 1. The van der Waals surface area contributed by atoms with Crippen molar-refractivity contribution in [2.24, 2.45) is 10.8 Å². The van der Waals surface area contributed by atoms with Crippen LogP contribution in [-0.4, -0.2) is 36.2 Å². The minimum Gasteiger partial charge on any atom is -0.444 e. The van der Waals surface area contributed by atoms with Crippen molar-refractivity contribution in [1.29, 1.82) is 0 Å². The highest BCUT2D eigenvalue weighted by molar-refractivity contribution is 5.68. The van der Waals surface area contributed by atoms with Crippen molar-refractivity contribution < 1.29 is 9.53 Å². The molecule has 2 aliphatic rings. The summed E-state index contributed by atoms with van der Waals surface area (Å²) in [6, 6.07) is 0. The third kappa shape index (κ3) is 3.24. The number of hydrogen-bond acceptors (Lipinski definition) is 3. The molecule has 2 rings (SSSR count). The number of carbonyl (C=O) groups is 1. The molecule has 22 heavy (non-hydrogen) atoms. The average Bonchev–Trinajstić information content (AvgIpc) is 2.42. The van der Waals surface area contributed by atoms with Crippen LogP contribution in [0.1, 0.15) is 47.0 Å². The minimum absolute atomic E-state index is 0.0382. The molecule has 4 nitrogen and oxygen atoms in total. The number of carbonyl (C=O) groups excluding carboxylic acids is 1. The van der Waals surface area contributed by atoms with Gasteiger partial charge in [0.2, 0.25) is 0 Å². The summed E-state index contributed by atoms with van der Waals surface area (Å²) in [5.41, 5.74) is -0.335. The predicted octanol–water partition coefficient (Wildman–Crippen LogP) is 3.15. The monoisotopic (exact) mass is 304 g/mol. The molecule has 0 bridgehead atoms. The minimum atomic E-state index is -0.446. The number of amides is 1. The van der Waals surface area contributed by atoms with Gasteiger partial charge in [0.1, 0.15) is 5.60 Å². The van der Waals surface area contributed by atoms with Gasteiger partial charge in [-0.3, -0.25) is 0 Å². The Kier molecular flexibility index (Phi) is 4.47. The first-order valence-electron chi connectivity index (χ1n) is 8.04. The quantitative estimate of drug-likeness (QED) is 0.757. The molecule has 1 N–H and O–H groups in total. The van der Waals surface area contributed by atoms with Gasteiger partial charge in [0.05, 0.1) is 0 Å². The predicted molar refractivity (Wildman–Crippen MR) is 88.2 cm³/mol. The lowest BCUT2D eigenvalue weighted by atomic mass is 9.57. The first kappa shape index (κ1) is 16.7. The smallest absolute Gasteiger partial charge is 0.410 e. The number of hydrogen-bond donors (Lipinski definition) is 1. The molecule has 0 aliphatic carbocycles. The van der Waals surface area contributed by atoms with Crippen molar-refractivity contribution in [1.82, 2.24) is 10.2 Å². The fourth-order valence-corrected chi connectivity index (χ4v) is 3.53. The Morgan fingerprint density at radius 2 is 2.05 bits per heavy atom. The van der Waals surface area contributed by atoms with Crippen molar-refractivity contribution in [2.45, 2.75) is 52.6 Å². The van der Waals surface area contributed by atoms with Crippen LogP contribution in [0.3, 0.4) is 0 Å². The van der Waals surface area contributed by atoms with Gasteiger partial charge in [0.15, 0.2) is 0 Å². The number of rotatable bonds is 1. The second kappa shape index (κ2) is 5.87. The molecule has 1 saturated heterocycles. The van der Waals surface area contributed by atoms with Gasteiger partial charge in [-0.15, -0.1) is 12.3 Å². The van der Waals surface area contributed by atoms with Gasteiger partial charge in [-0.2, -0.15) is 0 Å². The Morgan fingerprint density at radius 1 is 1.41 bits per heavy atom. The fraction of sp³-hybridized carbons (Fsp3) is 0.722. The third-order valence-corrected chi connectivity index (χ3v) is 5.01. The molecule has 0 aromatic rings. The molecule has 0 aromatic carbocycles. The van der Waals surface area contributed by atoms with E-state index in [4.69, 9.17) is 11.2 Å². The summed E-state index contributed by atoms with van der Waals surface area (Å²) in [7, 11) is 0. The van der Waals surface area contributed by atoms with Gasteiger partial charge in [0.25, 0.3) is 0 Å². The number of nitrogens with zero attached hydrogens (tertiary/aromatic N) is 1. The molecule has 2 heterocycles. The molecule has 122 valence electrons. The largest absolute Gasteiger partial charge is 0.444 e. The normalized spacial score (nSPS) is 27.1. The first-order valence-corrected chi connectivity index (χ1v) is 8.04. The van der Waals surface area contributed by atoms with Crippen LogP contribution in [0.15, 0.2) is 12.3 Å². The Bertz CT molecular complexity index is 490. The Morgan fingerprint density at radius 3 is 2.59 bits per heavy atom. The fourth-order valence-electron chi connectivity index (χ4n) is 3.53. The van der Waals surface area contributed by atoms with Crippen LogP contribution >= 0.6 is 0 Å². The summed E-state index contributed by atoms with van der Waals surface area (Å²) in [5, 5.41) is 3.32. The van der Waals surface area contributed by atoms with Crippen LogP contribution in [0, 0.1) is 23.2 Å². The van der Waals surface area contributed by atoms with Crippen LogP contribution in [0.25, 0.3) is 0 Å². The summed E-state index contributed by atoms with van der Waals surface area (Å²) < 4.78 is 5.48. The summed E-state index contributed by atoms with van der Waals surface area (Å²) in [4.78, 5) is 14.0. The summed E-state index contributed by atoms with van der Waals surface area (Å²) in [5.74, 6) is 2.84. The highest BCUT2D eigenvalue weighted by Crippen LogP contribution is 2.51. The maximum atomic E-state index is 12.2. The zero-order valence-corrected chi connectivity index (χ0v) is 14.2. The Hall–Kier alpha value is -1.63. The van der Waals surface area contributed by atoms with E-state index in [0.717, 1.165) is 38.9 Å². The number of piperidine rings is 1. The molecule has 0 saturated carbocycles. The summed E-state index contributed by atoms with van der Waals surface area (Å²) in [6.45, 7) is 10.3. The second-order valence-electron chi connectivity index (χ2n) is 7.78. The SMILES string of the molecule is C#CC[C@]1(C)CNC=CC12CCN(C(=O)OC(C)(C)C)CC2. The molecule has 2 aliphatic heterocycles. The van der Waals surface area contributed by atoms with E-state index in [-0.39, 0.29) is 16.9 Å². The molecule has 0 unspecified atom stereocenters. The van der Waals surface area contributed by atoms with E-state index < -0.39 is 5.60 Å². The molecule has 0 radical (unpaired) electrons. The zero-order valence-electron chi connectivity index (χ0n) is 14.2. The van der Waals surface area contributed by atoms with Gasteiger partial charge in [-0.05, 0) is 39.8 Å². The average molecular weight is 304 g/mol. The molecule has 4 heteroatoms. The maximum absolute atomic E-state index is 12.2. The topological polar surface area (TPSA) is 41.6 Å². The van der Waals surface area contributed by atoms with E-state index >= 15 is 0 Å². The first-order chi connectivity index (χ1) is 10.2. The molecular weight excluding hydrogens is 276 g/mol. The highest BCUT2D eigenvalue weighted by Gasteiger charge is 2.49. The van der Waals surface area contributed by atoms with Crippen molar-refractivity contribution in [3.05, 3.63) is 12.3 Å². The van der Waals surface area contributed by atoms with E-state index in [1.807, 2.05) is 31.9 Å². The van der Waals surface area contributed by atoms with E-state index in [2.05, 4.69) is 24.2 Å². The second-order valence-corrected chi connectivity index (χ2v) is 7.78. The van der Waals surface area contributed by atoms with E-state index in [9.17, 15) is 4.79 Å². The lowest BCUT2D eigenvalue weighted by Gasteiger charge is -2.52. The van der Waals surface area contributed by atoms with Gasteiger partial charge in [-0.25, -0.2) is 4.79 Å². The number of terminal acetylenes is 1. The van der Waals surface area contributed by atoms with Gasteiger partial charge in [-0.1, -0.05) is 13.0 Å². The van der Waals surface area contributed by atoms with Crippen LogP contribution in [-0.2, 0) is 4.74 Å². The van der Waals surface area contributed by atoms with E-state index in [1.165, 1.54) is 0 Å². The molecule has 0 aromatic heterocycles. The number of likely N-dealkylation sites (tertiary alicyclic amines) is 1. The number of allylic oxidation sites excluding steroid dienone is 1. The van der Waals surface area contributed by atoms with E-state index in [0.29, 0.717) is 0 Å². The van der Waals surface area contributed by atoms with Crippen molar-refractivity contribution in [3.8, 4) is 12.3 Å². The zero-order chi connectivity index (χ0) is 16.4. The van der Waals surface area contributed by atoms with E-state index in [1.54, 1.807) is 0 Å². The van der Waals surface area contributed by atoms with Crippen LogP contribution < -0.4 is 5.32 Å². The highest BCUT2D eigenvalue weighted by atomic mass is 16.6. The van der Waals surface area contributed by atoms with Gasteiger partial charge in [0, 0.05) is 36.9 Å². The lowest BCUT2D eigenvalue weighted by Crippen LogP contribution is -2.54. The molecule has 1 spiro atoms. The lowest BCUT2D eigenvalue weighted by molar-refractivity contribution is -0.00819. The van der Waals surface area contributed by atoms with Crippen LogP contribution in [0.4, 0.5) is 4.79 Å². The Balaban J connectivity index is 2.07. The Labute approximate surface area is 134 Å². The third-order valence-electron chi connectivity index (χ3n) is 5.01. The maximum Gasteiger partial charge on any atom is 0.410 e. The van der Waals surface area contributed by atoms with Gasteiger partial charge < -0.3 is 15.0 Å². The molecular formula is C18H28N2O2. The van der Waals surface area contributed by atoms with Crippen molar-refractivity contribution >= 4 is 6.09 Å². The molecule has 1 fully saturated rings. The van der Waals surface area contributed by atoms with Crippen molar-refractivity contribution in [3.63, 3.8) is 0 Å². The van der Waals surface area contributed by atoms with Crippen LogP contribution in [0.5, 0.6) is 0 Å². The molecule has 1 amide bonds. The summed E-state index contributed by atoms with van der Waals surface area (Å²) >= 11 is 0. The van der Waals surface area contributed by atoms with Crippen molar-refractivity contribution in [2.75, 3.05) is 19.6 Å².